The van der Waals surface area contributed by atoms with Gasteiger partial charge in [0.2, 0.25) is 12.4 Å². The van der Waals surface area contributed by atoms with Gasteiger partial charge < -0.3 is 52.1 Å². The number of methoxy groups -OCH3 is 1. The van der Waals surface area contributed by atoms with E-state index in [1.807, 2.05) is 0 Å². The highest BCUT2D eigenvalue weighted by molar-refractivity contribution is 5.69. The van der Waals surface area contributed by atoms with E-state index in [1.165, 1.54) is 7.11 Å². The van der Waals surface area contributed by atoms with Crippen molar-refractivity contribution < 1.29 is 85.7 Å². The number of ether oxygens (including phenoxy) is 11. The number of rotatable bonds is 12. The van der Waals surface area contributed by atoms with Gasteiger partial charge in [-0.1, -0.05) is 0 Å². The number of hydrogen-bond donors (Lipinski definition) is 0. The summed E-state index contributed by atoms with van der Waals surface area (Å²) in [5, 5.41) is 0. The molecule has 2 fully saturated rings. The minimum absolute atomic E-state index is 0.280. The van der Waals surface area contributed by atoms with Crippen LogP contribution in [0.15, 0.2) is 0 Å². The Morgan fingerprint density at radius 2 is 0.822 bits per heavy atom. The van der Waals surface area contributed by atoms with E-state index in [-0.39, 0.29) is 6.61 Å². The van der Waals surface area contributed by atoms with Crippen molar-refractivity contribution in [2.75, 3.05) is 20.3 Å². The van der Waals surface area contributed by atoms with Gasteiger partial charge in [-0.25, -0.2) is 0 Å². The zero-order valence-corrected chi connectivity index (χ0v) is 26.0. The summed E-state index contributed by atoms with van der Waals surface area (Å²) in [6, 6.07) is 0. The molecule has 0 radical (unpaired) electrons. The summed E-state index contributed by atoms with van der Waals surface area (Å²) >= 11 is 0. The van der Waals surface area contributed by atoms with Gasteiger partial charge in [0, 0.05) is 55.6 Å². The van der Waals surface area contributed by atoms with Gasteiger partial charge in [0.15, 0.2) is 30.7 Å². The van der Waals surface area contributed by atoms with Crippen molar-refractivity contribution >= 4 is 41.8 Å². The predicted molar refractivity (Wildman–Crippen MR) is 140 cm³/mol. The lowest BCUT2D eigenvalue weighted by atomic mass is 9.96. The Morgan fingerprint density at radius 1 is 0.444 bits per heavy atom. The Hall–Kier alpha value is -3.87. The molecule has 0 aromatic rings. The van der Waals surface area contributed by atoms with Crippen LogP contribution in [0.1, 0.15) is 48.5 Å². The lowest BCUT2D eigenvalue weighted by Crippen LogP contribution is -2.67. The normalized spacial score (nSPS) is 31.0. The molecule has 0 spiro atoms. The van der Waals surface area contributed by atoms with E-state index in [2.05, 4.69) is 0 Å². The molecule has 45 heavy (non-hydrogen) atoms. The van der Waals surface area contributed by atoms with Crippen molar-refractivity contribution in [3.05, 3.63) is 0 Å². The smallest absolute Gasteiger partial charge is 0.305 e. The van der Waals surface area contributed by atoms with Gasteiger partial charge >= 0.3 is 41.8 Å². The van der Waals surface area contributed by atoms with Gasteiger partial charge in [-0.05, 0) is 0 Å². The molecule has 0 amide bonds. The number of hydrogen-bond acceptors (Lipinski definition) is 18. The fourth-order valence-corrected chi connectivity index (χ4v) is 4.70. The Morgan fingerprint density at radius 3 is 1.27 bits per heavy atom. The maximum absolute atomic E-state index is 12.3. The van der Waals surface area contributed by atoms with Crippen LogP contribution in [0.5, 0.6) is 0 Å². The summed E-state index contributed by atoms with van der Waals surface area (Å²) in [6.45, 7) is 6.59. The average molecular weight is 651 g/mol. The highest BCUT2D eigenvalue weighted by Gasteiger charge is 2.57. The molecular weight excluding hydrogens is 612 g/mol. The summed E-state index contributed by atoms with van der Waals surface area (Å²) in [5.41, 5.74) is 0. The van der Waals surface area contributed by atoms with E-state index in [0.29, 0.717) is 0 Å². The minimum Gasteiger partial charge on any atom is -0.463 e. The highest BCUT2D eigenvalue weighted by Crippen LogP contribution is 2.35. The van der Waals surface area contributed by atoms with Gasteiger partial charge in [-0.2, -0.15) is 0 Å². The first-order valence-corrected chi connectivity index (χ1v) is 13.7. The first kappa shape index (κ1) is 37.3. The highest BCUT2D eigenvalue weighted by atomic mass is 16.8. The van der Waals surface area contributed by atoms with E-state index >= 15 is 0 Å². The van der Waals surface area contributed by atoms with E-state index < -0.39 is 110 Å². The van der Waals surface area contributed by atoms with Crippen LogP contribution in [0.2, 0.25) is 0 Å². The lowest BCUT2D eigenvalue weighted by molar-refractivity contribution is -0.358. The molecule has 0 bridgehead atoms. The molecule has 0 unspecified atom stereocenters. The summed E-state index contributed by atoms with van der Waals surface area (Å²) in [7, 11) is 1.30. The quantitative estimate of drug-likeness (QED) is 0.187. The van der Waals surface area contributed by atoms with Crippen molar-refractivity contribution in [1.29, 1.82) is 0 Å². The van der Waals surface area contributed by atoms with Gasteiger partial charge in [0.05, 0.1) is 6.61 Å². The largest absolute Gasteiger partial charge is 0.463 e. The van der Waals surface area contributed by atoms with Crippen LogP contribution in [0, 0.1) is 0 Å². The monoisotopic (exact) mass is 650 g/mol. The molecule has 2 aliphatic rings. The fraction of sp³-hybridized carbons (Fsp3) is 0.741. The van der Waals surface area contributed by atoms with Crippen molar-refractivity contribution in [2.45, 2.75) is 110 Å². The second kappa shape index (κ2) is 17.0. The summed E-state index contributed by atoms with van der Waals surface area (Å²) in [6.07, 6.45) is -15.3. The number of carbonyl (C=O) groups is 7. The lowest BCUT2D eigenvalue weighted by Gasteiger charge is -2.48. The van der Waals surface area contributed by atoms with Crippen LogP contribution in [-0.4, -0.2) is 124 Å². The van der Waals surface area contributed by atoms with Crippen molar-refractivity contribution in [3.8, 4) is 0 Å². The Labute approximate surface area is 258 Å². The van der Waals surface area contributed by atoms with Crippen molar-refractivity contribution in [3.63, 3.8) is 0 Å². The molecule has 0 N–H and O–H groups in total. The molecule has 2 rings (SSSR count). The Kier molecular flexibility index (Phi) is 14.1. The van der Waals surface area contributed by atoms with Gasteiger partial charge in [0.25, 0.3) is 0 Å². The number of carbonyl (C=O) groups excluding carboxylic acids is 7. The SMILES string of the molecule is COC[C@H]1O[C@@H](OC(C)=O)[C@H](OC(C)=O)[C@@H](OC(C)=O)[C@@H]1O[C@H]1O[C@H](COC(C)=O)[C@@H](OC(C)=O)[C@H](OC(C)=O)[C@H]1OC(C)=O. The van der Waals surface area contributed by atoms with Crippen molar-refractivity contribution in [2.24, 2.45) is 0 Å². The predicted octanol–water partition coefficient (Wildman–Crippen LogP) is -0.747. The molecule has 254 valence electrons. The van der Waals surface area contributed by atoms with Crippen LogP contribution in [0.25, 0.3) is 0 Å². The molecule has 18 heteroatoms. The summed E-state index contributed by atoms with van der Waals surface area (Å²) in [5.74, 6) is -5.91. The maximum Gasteiger partial charge on any atom is 0.305 e. The second-order valence-electron chi connectivity index (χ2n) is 9.92. The molecule has 2 aliphatic heterocycles. The van der Waals surface area contributed by atoms with Crippen LogP contribution < -0.4 is 0 Å². The number of esters is 7. The second-order valence-corrected chi connectivity index (χ2v) is 9.92. The molecule has 0 aromatic carbocycles. The zero-order valence-electron chi connectivity index (χ0n) is 26.0. The molecule has 0 saturated carbocycles. The Balaban J connectivity index is 2.68. The van der Waals surface area contributed by atoms with E-state index in [9.17, 15) is 33.6 Å². The van der Waals surface area contributed by atoms with E-state index in [1.54, 1.807) is 0 Å². The molecule has 0 aromatic heterocycles. The third-order valence-corrected chi connectivity index (χ3v) is 6.05. The average Bonchev–Trinajstić information content (AvgIpc) is 2.88. The molecule has 2 heterocycles. The van der Waals surface area contributed by atoms with Crippen LogP contribution in [-0.2, 0) is 85.7 Å². The standard InChI is InChI=1S/C27H38O18/c1-11(28)36-10-19-20(37-12(2)29)22(38-13(3)30)25(41-16(6)33)27(44-19)45-21-18(9-35-8)43-26(42-17(7)34)24(40-15(5)32)23(21)39-14(4)31/h18-27H,9-10H2,1-8H3/t18-,19-,20-,21-,22+,23+,24-,25-,26-,27-/m1/s1. The molecule has 18 nitrogen and oxygen atoms in total. The third kappa shape index (κ3) is 11.2. The maximum atomic E-state index is 12.3. The molecule has 2 saturated heterocycles. The van der Waals surface area contributed by atoms with Gasteiger partial charge in [0.1, 0.15) is 24.9 Å². The van der Waals surface area contributed by atoms with E-state index in [0.717, 1.165) is 48.5 Å². The van der Waals surface area contributed by atoms with Gasteiger partial charge in [-0.15, -0.1) is 0 Å². The molecule has 0 aliphatic carbocycles. The van der Waals surface area contributed by atoms with Crippen molar-refractivity contribution in [1.82, 2.24) is 0 Å². The van der Waals surface area contributed by atoms with Crippen LogP contribution >= 0.6 is 0 Å². The molecular formula is C27H38O18. The molecule has 10 atom stereocenters. The Bertz CT molecular complexity index is 1110. The fourth-order valence-electron chi connectivity index (χ4n) is 4.70. The summed E-state index contributed by atoms with van der Waals surface area (Å²) in [4.78, 5) is 84.2. The first-order chi connectivity index (χ1) is 21.0. The van der Waals surface area contributed by atoms with Gasteiger partial charge in [-0.3, -0.25) is 33.6 Å². The third-order valence-electron chi connectivity index (χ3n) is 6.05. The summed E-state index contributed by atoms with van der Waals surface area (Å²) < 4.78 is 60.5. The first-order valence-electron chi connectivity index (χ1n) is 13.7. The van der Waals surface area contributed by atoms with Crippen LogP contribution in [0.3, 0.4) is 0 Å². The minimum atomic E-state index is -1.74. The topological polar surface area (TPSA) is 221 Å². The van der Waals surface area contributed by atoms with Crippen LogP contribution in [0.4, 0.5) is 0 Å². The zero-order chi connectivity index (χ0) is 34.0. The van der Waals surface area contributed by atoms with E-state index in [4.69, 9.17) is 52.1 Å².